The molecule has 0 bridgehead atoms. The van der Waals surface area contributed by atoms with E-state index in [1.807, 2.05) is 17.0 Å². The second-order valence-electron chi connectivity index (χ2n) is 8.33. The number of hydrogen-bond donors (Lipinski definition) is 2. The van der Waals surface area contributed by atoms with Gasteiger partial charge in [0, 0.05) is 44.8 Å². The van der Waals surface area contributed by atoms with Gasteiger partial charge in [-0.1, -0.05) is 0 Å². The van der Waals surface area contributed by atoms with Gasteiger partial charge in [0.05, 0.1) is 24.1 Å². The molecule has 1 amide bonds. The molecule has 0 saturated carbocycles. The number of alkyl halides is 3. The van der Waals surface area contributed by atoms with E-state index < -0.39 is 29.1 Å². The number of hydrogen-bond acceptors (Lipinski definition) is 8. The van der Waals surface area contributed by atoms with E-state index >= 15 is 0 Å². The van der Waals surface area contributed by atoms with Crippen molar-refractivity contribution in [2.75, 3.05) is 43.0 Å². The fraction of sp³-hybridized carbons (Fsp3) is 0.500. The second-order valence-corrected chi connectivity index (χ2v) is 8.33. The molecule has 0 aromatic carbocycles. The number of pyridine rings is 1. The number of carbonyl (C=O) groups excluding carboxylic acids is 1. The van der Waals surface area contributed by atoms with Crippen molar-refractivity contribution in [2.45, 2.75) is 37.6 Å². The number of aromatic amines is 1. The van der Waals surface area contributed by atoms with Gasteiger partial charge in [-0.15, -0.1) is 0 Å². The average Bonchev–Trinajstić information content (AvgIpc) is 3.21. The van der Waals surface area contributed by atoms with Crippen molar-refractivity contribution in [1.29, 1.82) is 5.26 Å². The Morgan fingerprint density at radius 1 is 1.17 bits per heavy atom. The van der Waals surface area contributed by atoms with Crippen LogP contribution in [0.4, 0.5) is 24.7 Å². The van der Waals surface area contributed by atoms with E-state index in [0.717, 1.165) is 37.9 Å². The first-order valence-corrected chi connectivity index (χ1v) is 11.2. The summed E-state index contributed by atoms with van der Waals surface area (Å²) in [6.07, 6.45) is -0.974. The SMILES string of the molecule is N#Cc1ccc(N2CCC(N3CC[C@@H](OCCNc4cn[nH]c(=O)c4C(F)(F)F)C3=O)CC2)nc1. The van der Waals surface area contributed by atoms with Crippen LogP contribution in [0, 0.1) is 11.3 Å². The van der Waals surface area contributed by atoms with Gasteiger partial charge < -0.3 is 19.9 Å². The maximum absolute atomic E-state index is 13.1. The van der Waals surface area contributed by atoms with Gasteiger partial charge in [-0.25, -0.2) is 10.1 Å². The predicted octanol–water partition coefficient (Wildman–Crippen LogP) is 1.75. The number of rotatable bonds is 7. The predicted molar refractivity (Wildman–Crippen MR) is 119 cm³/mol. The molecule has 0 spiro atoms. The standard InChI is InChI=1S/C22H24F3N7O3/c23-22(24,25)19-16(13-29-30-20(19)33)27-6-10-35-17-5-9-32(21(17)34)15-3-7-31(8-4-15)18-2-1-14(11-26)12-28-18/h1-2,12-13,15,17H,3-10H2,(H2,27,30,33)/t17-/m1/s1. The number of likely N-dealkylation sites (tertiary alicyclic amines) is 1. The molecule has 10 nitrogen and oxygen atoms in total. The lowest BCUT2D eigenvalue weighted by Crippen LogP contribution is -2.47. The first-order valence-electron chi connectivity index (χ1n) is 11.2. The monoisotopic (exact) mass is 491 g/mol. The number of halogens is 3. The summed E-state index contributed by atoms with van der Waals surface area (Å²) in [5.74, 6) is 0.682. The minimum absolute atomic E-state index is 0.00283. The molecular formula is C22H24F3N7O3. The van der Waals surface area contributed by atoms with Crippen LogP contribution in [-0.2, 0) is 15.7 Å². The number of nitrogens with one attached hydrogen (secondary N) is 2. The number of ether oxygens (including phenoxy) is 1. The molecule has 2 saturated heterocycles. The molecule has 35 heavy (non-hydrogen) atoms. The van der Waals surface area contributed by atoms with Gasteiger partial charge in [0.15, 0.2) is 0 Å². The van der Waals surface area contributed by atoms with Gasteiger partial charge in [-0.2, -0.15) is 23.5 Å². The highest BCUT2D eigenvalue weighted by atomic mass is 19.4. The van der Waals surface area contributed by atoms with Gasteiger partial charge in [-0.05, 0) is 25.0 Å². The Morgan fingerprint density at radius 2 is 1.94 bits per heavy atom. The van der Waals surface area contributed by atoms with E-state index in [9.17, 15) is 22.8 Å². The quantitative estimate of drug-likeness (QED) is 0.561. The van der Waals surface area contributed by atoms with E-state index in [0.29, 0.717) is 18.5 Å². The van der Waals surface area contributed by atoms with Crippen molar-refractivity contribution in [1.82, 2.24) is 20.1 Å². The molecule has 0 aliphatic carbocycles. The summed E-state index contributed by atoms with van der Waals surface area (Å²) in [5, 5.41) is 16.6. The molecule has 2 aliphatic heterocycles. The van der Waals surface area contributed by atoms with Crippen molar-refractivity contribution in [3.05, 3.63) is 46.0 Å². The fourth-order valence-electron chi connectivity index (χ4n) is 4.44. The Labute approximate surface area is 198 Å². The summed E-state index contributed by atoms with van der Waals surface area (Å²) in [4.78, 5) is 32.6. The highest BCUT2D eigenvalue weighted by Gasteiger charge is 2.39. The Kier molecular flexibility index (Phi) is 7.20. The van der Waals surface area contributed by atoms with Gasteiger partial charge in [0.25, 0.3) is 11.5 Å². The van der Waals surface area contributed by atoms with Gasteiger partial charge in [0.1, 0.15) is 23.6 Å². The average molecular weight is 491 g/mol. The first kappa shape index (κ1) is 24.5. The van der Waals surface area contributed by atoms with Crippen molar-refractivity contribution in [3.8, 4) is 6.07 Å². The molecule has 0 unspecified atom stereocenters. The zero-order valence-electron chi connectivity index (χ0n) is 18.7. The molecule has 2 fully saturated rings. The van der Waals surface area contributed by atoms with Crippen molar-refractivity contribution < 1.29 is 22.7 Å². The Balaban J connectivity index is 1.24. The lowest BCUT2D eigenvalue weighted by atomic mass is 10.0. The lowest BCUT2D eigenvalue weighted by molar-refractivity contribution is -0.139. The summed E-state index contributed by atoms with van der Waals surface area (Å²) in [7, 11) is 0. The number of H-pyrrole nitrogens is 1. The minimum atomic E-state index is -4.83. The molecule has 1 atom stereocenters. The van der Waals surface area contributed by atoms with Crippen LogP contribution in [0.2, 0.25) is 0 Å². The third-order valence-corrected chi connectivity index (χ3v) is 6.17. The summed E-state index contributed by atoms with van der Waals surface area (Å²) in [6.45, 7) is 2.00. The van der Waals surface area contributed by atoms with Gasteiger partial charge >= 0.3 is 6.18 Å². The molecule has 4 rings (SSSR count). The number of nitriles is 1. The lowest BCUT2D eigenvalue weighted by Gasteiger charge is -2.37. The normalized spacial score (nSPS) is 19.1. The molecule has 4 heterocycles. The summed E-state index contributed by atoms with van der Waals surface area (Å²) < 4.78 is 44.9. The van der Waals surface area contributed by atoms with Crippen molar-refractivity contribution in [3.63, 3.8) is 0 Å². The summed E-state index contributed by atoms with van der Waals surface area (Å²) in [6, 6.07) is 5.67. The van der Waals surface area contributed by atoms with Crippen molar-refractivity contribution in [2.24, 2.45) is 0 Å². The Bertz CT molecular complexity index is 1140. The summed E-state index contributed by atoms with van der Waals surface area (Å²) in [5.41, 5.74) is -2.61. The molecule has 186 valence electrons. The topological polar surface area (TPSA) is 127 Å². The van der Waals surface area contributed by atoms with Crippen LogP contribution in [-0.4, -0.2) is 70.9 Å². The third kappa shape index (κ3) is 5.54. The van der Waals surface area contributed by atoms with E-state index in [1.165, 1.54) is 0 Å². The highest BCUT2D eigenvalue weighted by Crippen LogP contribution is 2.31. The highest BCUT2D eigenvalue weighted by molar-refractivity contribution is 5.83. The molecule has 2 aromatic heterocycles. The molecule has 2 aromatic rings. The van der Waals surface area contributed by atoms with Crippen LogP contribution in [0.3, 0.4) is 0 Å². The number of nitrogens with zero attached hydrogens (tertiary/aromatic N) is 5. The Morgan fingerprint density at radius 3 is 2.60 bits per heavy atom. The van der Waals surface area contributed by atoms with Gasteiger partial charge in [-0.3, -0.25) is 9.59 Å². The fourth-order valence-corrected chi connectivity index (χ4v) is 4.44. The molecule has 2 N–H and O–H groups in total. The zero-order chi connectivity index (χ0) is 25.0. The number of amides is 1. The number of aromatic nitrogens is 3. The Hall–Kier alpha value is -3.66. The number of piperidine rings is 1. The number of anilines is 2. The second kappa shape index (κ2) is 10.3. The maximum Gasteiger partial charge on any atom is 0.423 e. The van der Waals surface area contributed by atoms with E-state index in [-0.39, 0.29) is 25.1 Å². The van der Waals surface area contributed by atoms with Crippen LogP contribution >= 0.6 is 0 Å². The zero-order valence-corrected chi connectivity index (χ0v) is 18.7. The molecule has 2 aliphatic rings. The van der Waals surface area contributed by atoms with Crippen LogP contribution in [0.15, 0.2) is 29.3 Å². The molecule has 0 radical (unpaired) electrons. The van der Waals surface area contributed by atoms with Crippen LogP contribution in [0.25, 0.3) is 0 Å². The summed E-state index contributed by atoms with van der Waals surface area (Å²) >= 11 is 0. The molecule has 13 heteroatoms. The van der Waals surface area contributed by atoms with Crippen LogP contribution in [0.1, 0.15) is 30.4 Å². The molecular weight excluding hydrogens is 467 g/mol. The van der Waals surface area contributed by atoms with Crippen LogP contribution < -0.4 is 15.8 Å². The van der Waals surface area contributed by atoms with Crippen molar-refractivity contribution >= 4 is 17.4 Å². The minimum Gasteiger partial charge on any atom is -0.381 e. The van der Waals surface area contributed by atoms with Crippen LogP contribution in [0.5, 0.6) is 0 Å². The smallest absolute Gasteiger partial charge is 0.381 e. The van der Waals surface area contributed by atoms with E-state index in [1.54, 1.807) is 17.4 Å². The maximum atomic E-state index is 13.1. The van der Waals surface area contributed by atoms with E-state index in [4.69, 9.17) is 10.00 Å². The van der Waals surface area contributed by atoms with E-state index in [2.05, 4.69) is 20.3 Å². The first-order chi connectivity index (χ1) is 16.8. The van der Waals surface area contributed by atoms with Gasteiger partial charge in [0.2, 0.25) is 0 Å². The largest absolute Gasteiger partial charge is 0.423 e. The number of carbonyl (C=O) groups is 1. The third-order valence-electron chi connectivity index (χ3n) is 6.17.